The van der Waals surface area contributed by atoms with Crippen molar-refractivity contribution >= 4 is 23.3 Å². The molecule has 1 aliphatic heterocycles. The highest BCUT2D eigenvalue weighted by Crippen LogP contribution is 2.26. The smallest absolute Gasteiger partial charge is 0.322 e. The molecule has 0 atom stereocenters. The van der Waals surface area contributed by atoms with E-state index >= 15 is 0 Å². The fourth-order valence-electron chi connectivity index (χ4n) is 3.51. The third-order valence-corrected chi connectivity index (χ3v) is 5.57. The molecule has 0 saturated carbocycles. The largest absolute Gasteiger partial charge is 0.497 e. The number of nitrogens with zero attached hydrogens (tertiary/aromatic N) is 1. The minimum absolute atomic E-state index is 0.185. The number of fused-ring (bicyclic) bond motifs is 1. The van der Waals surface area contributed by atoms with Crippen LogP contribution in [-0.4, -0.2) is 31.2 Å². The van der Waals surface area contributed by atoms with Crippen LogP contribution in [0.3, 0.4) is 0 Å². The average Bonchev–Trinajstić information content (AvgIpc) is 3.03. The molecule has 2 amide bonds. The second-order valence-corrected chi connectivity index (χ2v) is 7.87. The van der Waals surface area contributed by atoms with Gasteiger partial charge in [-0.15, -0.1) is 0 Å². The van der Waals surface area contributed by atoms with Gasteiger partial charge in [0.2, 0.25) is 0 Å². The SMILES string of the molecule is COc1cccc(NC(=O)N2CCOc3ccc(COCc4ccccc4Cl)cc3C2)c1. The molecule has 7 heteroatoms. The highest BCUT2D eigenvalue weighted by molar-refractivity contribution is 6.31. The van der Waals surface area contributed by atoms with Crippen LogP contribution >= 0.6 is 11.6 Å². The van der Waals surface area contributed by atoms with Crippen molar-refractivity contribution in [2.45, 2.75) is 19.8 Å². The van der Waals surface area contributed by atoms with Gasteiger partial charge in [0, 0.05) is 22.3 Å². The summed E-state index contributed by atoms with van der Waals surface area (Å²) < 4.78 is 16.9. The molecule has 1 N–H and O–H groups in total. The van der Waals surface area contributed by atoms with Crippen molar-refractivity contribution in [2.75, 3.05) is 25.6 Å². The zero-order valence-corrected chi connectivity index (χ0v) is 18.6. The number of halogens is 1. The number of amides is 2. The topological polar surface area (TPSA) is 60.0 Å². The van der Waals surface area contributed by atoms with Gasteiger partial charge in [-0.25, -0.2) is 4.79 Å². The molecule has 0 unspecified atom stereocenters. The maximum absolute atomic E-state index is 12.9. The molecule has 0 bridgehead atoms. The number of ether oxygens (including phenoxy) is 3. The van der Waals surface area contributed by atoms with Gasteiger partial charge in [-0.2, -0.15) is 0 Å². The molecule has 1 heterocycles. The van der Waals surface area contributed by atoms with Crippen LogP contribution in [0.5, 0.6) is 11.5 Å². The van der Waals surface area contributed by atoms with Crippen LogP contribution < -0.4 is 14.8 Å². The van der Waals surface area contributed by atoms with Crippen LogP contribution in [0.15, 0.2) is 66.7 Å². The first kappa shape index (κ1) is 22.0. The van der Waals surface area contributed by atoms with E-state index in [0.717, 1.165) is 22.4 Å². The Morgan fingerprint density at radius 1 is 1.09 bits per heavy atom. The Kier molecular flexibility index (Phi) is 7.14. The number of anilines is 1. The van der Waals surface area contributed by atoms with Crippen molar-refractivity contribution in [1.82, 2.24) is 4.90 Å². The first-order chi connectivity index (χ1) is 15.6. The molecule has 1 aliphatic rings. The normalized spacial score (nSPS) is 13.0. The van der Waals surface area contributed by atoms with Gasteiger partial charge >= 0.3 is 6.03 Å². The summed E-state index contributed by atoms with van der Waals surface area (Å²) in [5.41, 5.74) is 3.59. The summed E-state index contributed by atoms with van der Waals surface area (Å²) in [6, 6.07) is 20.7. The Morgan fingerprint density at radius 3 is 2.81 bits per heavy atom. The summed E-state index contributed by atoms with van der Waals surface area (Å²) in [5.74, 6) is 1.48. The van der Waals surface area contributed by atoms with E-state index in [1.54, 1.807) is 18.1 Å². The molecule has 3 aromatic rings. The third-order valence-electron chi connectivity index (χ3n) is 5.20. The summed E-state index contributed by atoms with van der Waals surface area (Å²) >= 11 is 6.19. The van der Waals surface area contributed by atoms with Gasteiger partial charge in [0.1, 0.15) is 18.1 Å². The first-order valence-electron chi connectivity index (χ1n) is 10.4. The molecule has 166 valence electrons. The predicted molar refractivity (Wildman–Crippen MR) is 124 cm³/mol. The molecule has 0 fully saturated rings. The number of nitrogens with one attached hydrogen (secondary N) is 1. The Hall–Kier alpha value is -3.22. The lowest BCUT2D eigenvalue weighted by Crippen LogP contribution is -2.36. The van der Waals surface area contributed by atoms with Crippen molar-refractivity contribution in [2.24, 2.45) is 0 Å². The maximum Gasteiger partial charge on any atom is 0.322 e. The van der Waals surface area contributed by atoms with E-state index in [2.05, 4.69) is 5.32 Å². The van der Waals surface area contributed by atoms with E-state index in [1.165, 1.54) is 0 Å². The van der Waals surface area contributed by atoms with Gasteiger partial charge in [0.05, 0.1) is 33.4 Å². The van der Waals surface area contributed by atoms with Gasteiger partial charge < -0.3 is 24.4 Å². The van der Waals surface area contributed by atoms with Crippen LogP contribution in [0.25, 0.3) is 0 Å². The number of hydrogen-bond acceptors (Lipinski definition) is 4. The quantitative estimate of drug-likeness (QED) is 0.537. The standard InChI is InChI=1S/C25H25ClN2O4/c1-30-22-7-4-6-21(14-22)27-25(29)28-11-12-32-24-10-9-18(13-20(24)15-28)16-31-17-19-5-2-3-8-23(19)26/h2-10,13-14H,11-12,15-17H2,1H3,(H,27,29). The zero-order chi connectivity index (χ0) is 22.3. The predicted octanol–water partition coefficient (Wildman–Crippen LogP) is 5.49. The fraction of sp³-hybridized carbons (Fsp3) is 0.240. The van der Waals surface area contributed by atoms with E-state index in [9.17, 15) is 4.79 Å². The van der Waals surface area contributed by atoms with Gasteiger partial charge in [-0.3, -0.25) is 0 Å². The number of carbonyl (C=O) groups excluding carboxylic acids is 1. The second-order valence-electron chi connectivity index (χ2n) is 7.46. The highest BCUT2D eigenvalue weighted by atomic mass is 35.5. The van der Waals surface area contributed by atoms with Crippen LogP contribution in [-0.2, 0) is 24.5 Å². The Labute approximate surface area is 192 Å². The molecule has 0 spiro atoms. The van der Waals surface area contributed by atoms with Crippen LogP contribution in [0.2, 0.25) is 5.02 Å². The molecule has 0 saturated heterocycles. The van der Waals surface area contributed by atoms with Crippen molar-refractivity contribution in [3.05, 3.63) is 88.4 Å². The summed E-state index contributed by atoms with van der Waals surface area (Å²) in [5, 5.41) is 3.63. The minimum atomic E-state index is -0.185. The van der Waals surface area contributed by atoms with Gasteiger partial charge in [-0.05, 0) is 41.5 Å². The average molecular weight is 453 g/mol. The number of benzene rings is 3. The van der Waals surface area contributed by atoms with Crippen molar-refractivity contribution in [3.8, 4) is 11.5 Å². The molecular formula is C25H25ClN2O4. The molecule has 0 radical (unpaired) electrons. The summed E-state index contributed by atoms with van der Waals surface area (Å²) in [4.78, 5) is 14.6. The zero-order valence-electron chi connectivity index (χ0n) is 17.8. The van der Waals surface area contributed by atoms with Gasteiger partial charge in [0.25, 0.3) is 0 Å². The molecule has 0 aromatic heterocycles. The van der Waals surface area contributed by atoms with Crippen LogP contribution in [0.4, 0.5) is 10.5 Å². The van der Waals surface area contributed by atoms with Crippen molar-refractivity contribution in [3.63, 3.8) is 0 Å². The molecule has 0 aliphatic carbocycles. The van der Waals surface area contributed by atoms with Crippen LogP contribution in [0.1, 0.15) is 16.7 Å². The molecule has 4 rings (SSSR count). The monoisotopic (exact) mass is 452 g/mol. The van der Waals surface area contributed by atoms with Crippen molar-refractivity contribution < 1.29 is 19.0 Å². The van der Waals surface area contributed by atoms with E-state index in [4.69, 9.17) is 25.8 Å². The summed E-state index contributed by atoms with van der Waals surface area (Å²) in [7, 11) is 1.60. The number of hydrogen-bond donors (Lipinski definition) is 1. The Bertz CT molecular complexity index is 1090. The van der Waals surface area contributed by atoms with Crippen LogP contribution in [0, 0.1) is 0 Å². The van der Waals surface area contributed by atoms with E-state index in [-0.39, 0.29) is 6.03 Å². The number of rotatable bonds is 6. The number of methoxy groups -OCH3 is 1. The Morgan fingerprint density at radius 2 is 1.97 bits per heavy atom. The highest BCUT2D eigenvalue weighted by Gasteiger charge is 2.20. The maximum atomic E-state index is 12.9. The third kappa shape index (κ3) is 5.52. The molecule has 3 aromatic carbocycles. The van der Waals surface area contributed by atoms with E-state index in [0.29, 0.717) is 49.4 Å². The van der Waals surface area contributed by atoms with Gasteiger partial charge in [0.15, 0.2) is 0 Å². The first-order valence-corrected chi connectivity index (χ1v) is 10.8. The summed E-state index contributed by atoms with van der Waals surface area (Å²) in [6.07, 6.45) is 0. The molecule has 32 heavy (non-hydrogen) atoms. The lowest BCUT2D eigenvalue weighted by molar-refractivity contribution is 0.107. The molecular weight excluding hydrogens is 428 g/mol. The minimum Gasteiger partial charge on any atom is -0.497 e. The Balaban J connectivity index is 1.40. The second kappa shape index (κ2) is 10.4. The fourth-order valence-corrected chi connectivity index (χ4v) is 3.70. The number of carbonyl (C=O) groups is 1. The van der Waals surface area contributed by atoms with Crippen molar-refractivity contribution in [1.29, 1.82) is 0 Å². The van der Waals surface area contributed by atoms with Gasteiger partial charge in [-0.1, -0.05) is 41.9 Å². The summed E-state index contributed by atoms with van der Waals surface area (Å²) in [6.45, 7) is 2.24. The lowest BCUT2D eigenvalue weighted by atomic mass is 10.1. The molecule has 6 nitrogen and oxygen atoms in total. The lowest BCUT2D eigenvalue weighted by Gasteiger charge is -2.20. The number of urea groups is 1. The van der Waals surface area contributed by atoms with E-state index in [1.807, 2.05) is 60.7 Å². The van der Waals surface area contributed by atoms with E-state index < -0.39 is 0 Å².